The molecule has 0 atom stereocenters. The lowest BCUT2D eigenvalue weighted by atomic mass is 10.1. The van der Waals surface area contributed by atoms with Crippen LogP contribution in [0.2, 0.25) is 5.02 Å². The first-order valence-electron chi connectivity index (χ1n) is 13.1. The smallest absolute Gasteiger partial charge is 0.268 e. The lowest BCUT2D eigenvalue weighted by Gasteiger charge is -2.23. The van der Waals surface area contributed by atoms with E-state index in [0.717, 1.165) is 85.3 Å². The molecule has 2 heterocycles. The lowest BCUT2D eigenvalue weighted by Crippen LogP contribution is -2.41. The van der Waals surface area contributed by atoms with Crippen molar-refractivity contribution >= 4 is 44.8 Å². The van der Waals surface area contributed by atoms with Crippen molar-refractivity contribution in [2.75, 3.05) is 64.1 Å². The topological polar surface area (TPSA) is 79.5 Å². The summed E-state index contributed by atoms with van der Waals surface area (Å²) in [6.07, 6.45) is 5.97. The van der Waals surface area contributed by atoms with Gasteiger partial charge < -0.3 is 16.4 Å². The van der Waals surface area contributed by atoms with Gasteiger partial charge in [-0.2, -0.15) is 0 Å². The minimum Gasteiger partial charge on any atom is -0.383 e. The van der Waals surface area contributed by atoms with Crippen molar-refractivity contribution in [2.24, 2.45) is 5.73 Å². The Labute approximate surface area is 229 Å². The molecule has 0 amide bonds. The first-order valence-corrected chi connectivity index (χ1v) is 13.5. The third-order valence-corrected chi connectivity index (χ3v) is 6.97. The van der Waals surface area contributed by atoms with Crippen molar-refractivity contribution < 1.29 is 19.1 Å². The predicted octanol–water partition coefficient (Wildman–Crippen LogP) is 3.21. The monoisotopic (exact) mass is 538 g/mol. The highest BCUT2D eigenvalue weighted by molar-refractivity contribution is 6.31. The minimum absolute atomic E-state index is 0.678. The molecule has 4 aromatic rings. The summed E-state index contributed by atoms with van der Waals surface area (Å²) in [6, 6.07) is 16.4. The van der Waals surface area contributed by atoms with Crippen LogP contribution in [0.1, 0.15) is 18.4 Å². The van der Waals surface area contributed by atoms with Gasteiger partial charge >= 0.3 is 0 Å². The number of aryl methyl sites for hydroxylation is 1. The van der Waals surface area contributed by atoms with Crippen LogP contribution in [0.3, 0.4) is 0 Å². The molecule has 2 aromatic heterocycles. The zero-order valence-corrected chi connectivity index (χ0v) is 23.3. The third kappa shape index (κ3) is 6.75. The summed E-state index contributed by atoms with van der Waals surface area (Å²) in [6.45, 7) is 7.31. The number of nitrogens with one attached hydrogen (secondary N) is 2. The van der Waals surface area contributed by atoms with Crippen molar-refractivity contribution in [2.45, 2.75) is 19.8 Å². The fourth-order valence-corrected chi connectivity index (χ4v) is 4.90. The second-order valence-corrected chi connectivity index (χ2v) is 9.79. The third-order valence-electron chi connectivity index (χ3n) is 6.73. The van der Waals surface area contributed by atoms with E-state index in [1.54, 1.807) is 23.7 Å². The van der Waals surface area contributed by atoms with Crippen LogP contribution in [-0.4, -0.2) is 58.4 Å². The maximum absolute atomic E-state index is 6.24. The number of pyridine rings is 2. The molecule has 0 bridgehead atoms. The number of nitrogens with two attached hydrogens (primary N) is 1. The largest absolute Gasteiger partial charge is 0.383 e. The van der Waals surface area contributed by atoms with Crippen LogP contribution in [0, 0.1) is 6.92 Å². The van der Waals surface area contributed by atoms with E-state index < -0.39 is 0 Å². The molecule has 0 saturated carbocycles. The molecule has 202 valence electrons. The highest BCUT2D eigenvalue weighted by Crippen LogP contribution is 2.24. The molecule has 0 aliphatic rings. The number of benzene rings is 2. The number of unbranched alkanes of at least 4 members (excludes halogenated alkanes) is 1. The van der Waals surface area contributed by atoms with E-state index in [0.29, 0.717) is 5.02 Å². The van der Waals surface area contributed by atoms with Gasteiger partial charge in [0.05, 0.1) is 22.1 Å². The molecule has 0 fully saturated rings. The van der Waals surface area contributed by atoms with Gasteiger partial charge in [0.15, 0.2) is 0 Å². The Kier molecular flexibility index (Phi) is 9.81. The quantitative estimate of drug-likeness (QED) is 0.169. The molecule has 4 N–H and O–H groups in total. The number of anilines is 2. The Morgan fingerprint density at radius 1 is 0.789 bits per heavy atom. The van der Waals surface area contributed by atoms with Crippen molar-refractivity contribution in [3.05, 3.63) is 71.5 Å². The number of nitrogens with zero attached hydrogens (tertiary/aromatic N) is 3. The normalized spacial score (nSPS) is 11.3. The molecule has 0 aliphatic carbocycles. The van der Waals surface area contributed by atoms with Gasteiger partial charge in [-0.1, -0.05) is 17.7 Å². The molecule has 0 aliphatic heterocycles. The molecule has 2 aromatic carbocycles. The summed E-state index contributed by atoms with van der Waals surface area (Å²) in [5, 5.41) is 10.1. The summed E-state index contributed by atoms with van der Waals surface area (Å²) in [5.41, 5.74) is 11.1. The van der Waals surface area contributed by atoms with Gasteiger partial charge in [-0.15, -0.1) is 0 Å². The molecule has 0 spiro atoms. The minimum atomic E-state index is 0.678. The summed E-state index contributed by atoms with van der Waals surface area (Å²) in [4.78, 5) is 13.5. The summed E-state index contributed by atoms with van der Waals surface area (Å²) < 4.78 is 3.52. The molecule has 38 heavy (non-hydrogen) atoms. The maximum atomic E-state index is 6.24. The average molecular weight is 539 g/mol. The predicted molar refractivity (Wildman–Crippen MR) is 155 cm³/mol. The van der Waals surface area contributed by atoms with Crippen LogP contribution in [0.15, 0.2) is 60.9 Å². The molecule has 9 heteroatoms. The highest BCUT2D eigenvalue weighted by Gasteiger charge is 2.16. The van der Waals surface area contributed by atoms with E-state index in [4.69, 9.17) is 27.0 Å². The van der Waals surface area contributed by atoms with Gasteiger partial charge in [-0.05, 0) is 56.6 Å². The first kappa shape index (κ1) is 27.7. The van der Waals surface area contributed by atoms with Crippen LogP contribution >= 0.6 is 11.6 Å². The van der Waals surface area contributed by atoms with Crippen LogP contribution < -0.4 is 35.5 Å². The fourth-order valence-electron chi connectivity index (χ4n) is 4.73. The second kappa shape index (κ2) is 13.5. The molecule has 4 rings (SSSR count). The van der Waals surface area contributed by atoms with Crippen LogP contribution in [0.5, 0.6) is 0 Å². The van der Waals surface area contributed by atoms with Gasteiger partial charge in [0, 0.05) is 64.9 Å². The Morgan fingerprint density at radius 3 is 1.95 bits per heavy atom. The molecule has 0 saturated heterocycles. The van der Waals surface area contributed by atoms with E-state index in [1.165, 1.54) is 5.56 Å². The Morgan fingerprint density at radius 2 is 1.37 bits per heavy atom. The van der Waals surface area contributed by atoms with Crippen molar-refractivity contribution in [1.82, 2.24) is 4.90 Å². The highest BCUT2D eigenvalue weighted by atomic mass is 35.5. The fraction of sp³-hybridized carbons (Fsp3) is 0.379. The SMILES string of the molecule is CO[n+]1ccc(NCCN(CCCCN)CCNc2cc[n+](OC)c3cc(Cl)ccc23)c2ccc(C)cc21. The molecular formula is C29H39ClN6O2+2. The van der Waals surface area contributed by atoms with Crippen molar-refractivity contribution in [3.8, 4) is 0 Å². The lowest BCUT2D eigenvalue weighted by molar-refractivity contribution is -0.865. The van der Waals surface area contributed by atoms with Gasteiger partial charge in [-0.25, -0.2) is 0 Å². The number of rotatable bonds is 14. The van der Waals surface area contributed by atoms with Crippen LogP contribution in [0.25, 0.3) is 21.8 Å². The van der Waals surface area contributed by atoms with Crippen LogP contribution in [0.4, 0.5) is 11.4 Å². The van der Waals surface area contributed by atoms with E-state index in [2.05, 4.69) is 46.7 Å². The van der Waals surface area contributed by atoms with E-state index in [-0.39, 0.29) is 0 Å². The number of hydrogen-bond acceptors (Lipinski definition) is 6. The van der Waals surface area contributed by atoms with Gasteiger partial charge in [0.25, 0.3) is 11.0 Å². The second-order valence-electron chi connectivity index (χ2n) is 9.35. The van der Waals surface area contributed by atoms with Gasteiger partial charge in [-0.3, -0.25) is 14.6 Å². The zero-order chi connectivity index (χ0) is 26.9. The molecule has 8 nitrogen and oxygen atoms in total. The summed E-state index contributed by atoms with van der Waals surface area (Å²) >= 11 is 6.24. The van der Waals surface area contributed by atoms with E-state index in [1.807, 2.05) is 36.7 Å². The number of halogens is 1. The Balaban J connectivity index is 1.40. The van der Waals surface area contributed by atoms with Crippen molar-refractivity contribution in [1.29, 1.82) is 0 Å². The molecular weight excluding hydrogens is 500 g/mol. The van der Waals surface area contributed by atoms with E-state index >= 15 is 0 Å². The Bertz CT molecular complexity index is 1270. The van der Waals surface area contributed by atoms with Crippen LogP contribution in [-0.2, 0) is 0 Å². The Hall–Kier alpha value is -3.33. The standard InChI is InChI=1S/C29H37ClN6O2/c1-22-6-8-24-26(10-16-35(37-2)28(24)20-22)32-13-18-34(15-5-4-12-31)19-14-33-27-11-17-36(38-3)29-21-23(30)7-9-25(27)29/h6-11,16-17,20-21H,4-5,12-15,18-19,31H2,1-3H3/p+2. The van der Waals surface area contributed by atoms with Gasteiger partial charge in [0.2, 0.25) is 12.4 Å². The summed E-state index contributed by atoms with van der Waals surface area (Å²) in [5.74, 6) is 0. The first-order chi connectivity index (χ1) is 18.5. The average Bonchev–Trinajstić information content (AvgIpc) is 2.92. The van der Waals surface area contributed by atoms with E-state index in [9.17, 15) is 0 Å². The molecule has 0 unspecified atom stereocenters. The number of fused-ring (bicyclic) bond motifs is 2. The van der Waals surface area contributed by atoms with Gasteiger partial charge in [0.1, 0.15) is 14.2 Å². The maximum Gasteiger partial charge on any atom is 0.268 e. The zero-order valence-electron chi connectivity index (χ0n) is 22.5. The molecule has 0 radical (unpaired) electrons. The summed E-state index contributed by atoms with van der Waals surface area (Å²) in [7, 11) is 3.33. The number of hydrogen-bond donors (Lipinski definition) is 3. The number of aromatic nitrogens is 2. The van der Waals surface area contributed by atoms with Crippen molar-refractivity contribution in [3.63, 3.8) is 0 Å².